The van der Waals surface area contributed by atoms with Crippen LogP contribution in [0, 0.1) is 6.92 Å². The average Bonchev–Trinajstić information content (AvgIpc) is 2.89. The summed E-state index contributed by atoms with van der Waals surface area (Å²) >= 11 is 1.74. The lowest BCUT2D eigenvalue weighted by molar-refractivity contribution is -0.0800. The van der Waals surface area contributed by atoms with E-state index in [2.05, 4.69) is 33.2 Å². The Labute approximate surface area is 128 Å². The first-order valence-electron chi connectivity index (χ1n) is 7.57. The van der Waals surface area contributed by atoms with E-state index in [0.717, 1.165) is 56.3 Å². The van der Waals surface area contributed by atoms with Crippen LogP contribution in [-0.2, 0) is 4.74 Å². The van der Waals surface area contributed by atoms with E-state index in [1.54, 1.807) is 17.7 Å². The summed E-state index contributed by atoms with van der Waals surface area (Å²) in [6.45, 7) is 6.93. The molecule has 2 aromatic rings. The van der Waals surface area contributed by atoms with Crippen LogP contribution in [-0.4, -0.2) is 48.4 Å². The van der Waals surface area contributed by atoms with Crippen molar-refractivity contribution in [2.45, 2.75) is 25.4 Å². The Balaban J connectivity index is 1.57. The molecule has 1 spiro atoms. The maximum absolute atomic E-state index is 6.06. The minimum Gasteiger partial charge on any atom is -0.372 e. The number of piperidine rings is 1. The number of thiophene rings is 1. The molecule has 0 radical (unpaired) electrons. The number of aromatic nitrogens is 2. The van der Waals surface area contributed by atoms with Gasteiger partial charge < -0.3 is 15.0 Å². The van der Waals surface area contributed by atoms with Gasteiger partial charge in [-0.05, 0) is 25.8 Å². The summed E-state index contributed by atoms with van der Waals surface area (Å²) < 4.78 is 6.06. The number of hydrogen-bond donors (Lipinski definition) is 1. The molecule has 0 atom stereocenters. The smallest absolute Gasteiger partial charge is 0.140 e. The van der Waals surface area contributed by atoms with E-state index in [1.165, 1.54) is 10.3 Å². The van der Waals surface area contributed by atoms with Crippen LogP contribution in [0.25, 0.3) is 10.2 Å². The predicted molar refractivity (Wildman–Crippen MR) is 85.2 cm³/mol. The largest absolute Gasteiger partial charge is 0.372 e. The van der Waals surface area contributed by atoms with Crippen LogP contribution in [0.1, 0.15) is 17.7 Å². The van der Waals surface area contributed by atoms with E-state index in [1.807, 2.05) is 0 Å². The number of ether oxygens (including phenoxy) is 1. The van der Waals surface area contributed by atoms with Crippen LogP contribution in [0.2, 0.25) is 0 Å². The summed E-state index contributed by atoms with van der Waals surface area (Å²) in [5.74, 6) is 1.09. The van der Waals surface area contributed by atoms with Gasteiger partial charge in [0.2, 0.25) is 0 Å². The number of nitrogens with one attached hydrogen (secondary N) is 1. The third-order valence-corrected chi connectivity index (χ3v) is 5.50. The number of aryl methyl sites for hydroxylation is 1. The van der Waals surface area contributed by atoms with Gasteiger partial charge in [-0.15, -0.1) is 11.3 Å². The third-order valence-electron chi connectivity index (χ3n) is 4.54. The molecule has 1 N–H and O–H groups in total. The molecule has 0 aromatic carbocycles. The first-order chi connectivity index (χ1) is 10.3. The average molecular weight is 304 g/mol. The van der Waals surface area contributed by atoms with Gasteiger partial charge in [-0.3, -0.25) is 0 Å². The quantitative estimate of drug-likeness (QED) is 0.873. The fourth-order valence-corrected chi connectivity index (χ4v) is 4.21. The van der Waals surface area contributed by atoms with Crippen molar-refractivity contribution in [3.63, 3.8) is 0 Å². The fourth-order valence-electron chi connectivity index (χ4n) is 3.37. The van der Waals surface area contributed by atoms with Crippen LogP contribution in [0.4, 0.5) is 5.82 Å². The van der Waals surface area contributed by atoms with E-state index in [-0.39, 0.29) is 5.60 Å². The van der Waals surface area contributed by atoms with E-state index in [9.17, 15) is 0 Å². The van der Waals surface area contributed by atoms with Gasteiger partial charge in [-0.1, -0.05) is 0 Å². The second-order valence-electron chi connectivity index (χ2n) is 5.97. The van der Waals surface area contributed by atoms with E-state index in [0.29, 0.717) is 0 Å². The van der Waals surface area contributed by atoms with Gasteiger partial charge in [-0.2, -0.15) is 0 Å². The molecule has 0 amide bonds. The highest BCUT2D eigenvalue weighted by atomic mass is 32.1. The van der Waals surface area contributed by atoms with Crippen molar-refractivity contribution in [3.05, 3.63) is 17.3 Å². The number of nitrogens with zero attached hydrogens (tertiary/aromatic N) is 3. The predicted octanol–water partition coefficient (Wildman–Crippen LogP) is 1.96. The zero-order valence-corrected chi connectivity index (χ0v) is 13.1. The SMILES string of the molecule is Cc1cc2c(N3CCC4(CC3)CNCCO4)ncnc2s1. The lowest BCUT2D eigenvalue weighted by Gasteiger charge is -2.44. The zero-order chi connectivity index (χ0) is 14.3. The topological polar surface area (TPSA) is 50.3 Å². The molecule has 4 rings (SSSR count). The van der Waals surface area contributed by atoms with Gasteiger partial charge >= 0.3 is 0 Å². The summed E-state index contributed by atoms with van der Waals surface area (Å²) in [6, 6.07) is 2.21. The highest BCUT2D eigenvalue weighted by Crippen LogP contribution is 2.34. The normalized spacial score (nSPS) is 22.0. The maximum Gasteiger partial charge on any atom is 0.140 e. The first kappa shape index (κ1) is 13.4. The summed E-state index contributed by atoms with van der Waals surface area (Å²) in [4.78, 5) is 13.7. The van der Waals surface area contributed by atoms with Gasteiger partial charge in [-0.25, -0.2) is 9.97 Å². The molecule has 0 saturated carbocycles. The Morgan fingerprint density at radius 1 is 1.33 bits per heavy atom. The fraction of sp³-hybridized carbons (Fsp3) is 0.600. The number of anilines is 1. The highest BCUT2D eigenvalue weighted by molar-refractivity contribution is 7.18. The van der Waals surface area contributed by atoms with Crippen LogP contribution in [0.3, 0.4) is 0 Å². The molecular formula is C15H20N4OS. The number of rotatable bonds is 1. The van der Waals surface area contributed by atoms with Crippen molar-refractivity contribution in [2.75, 3.05) is 37.7 Å². The molecule has 5 nitrogen and oxygen atoms in total. The van der Waals surface area contributed by atoms with Gasteiger partial charge in [0.05, 0.1) is 17.6 Å². The second-order valence-corrected chi connectivity index (χ2v) is 7.20. The molecule has 21 heavy (non-hydrogen) atoms. The van der Waals surface area contributed by atoms with Crippen LogP contribution in [0.15, 0.2) is 12.4 Å². The molecule has 4 heterocycles. The molecular weight excluding hydrogens is 284 g/mol. The van der Waals surface area contributed by atoms with E-state index in [4.69, 9.17) is 4.74 Å². The molecule has 2 aromatic heterocycles. The van der Waals surface area contributed by atoms with Crippen LogP contribution in [0.5, 0.6) is 0 Å². The lowest BCUT2D eigenvalue weighted by atomic mass is 9.90. The number of morpholine rings is 1. The monoisotopic (exact) mass is 304 g/mol. The van der Waals surface area contributed by atoms with Crippen molar-refractivity contribution in [2.24, 2.45) is 0 Å². The van der Waals surface area contributed by atoms with E-state index >= 15 is 0 Å². The summed E-state index contributed by atoms with van der Waals surface area (Å²) in [5, 5.41) is 4.66. The summed E-state index contributed by atoms with van der Waals surface area (Å²) in [5.41, 5.74) is 0.0471. The van der Waals surface area contributed by atoms with Crippen LogP contribution < -0.4 is 10.2 Å². The third kappa shape index (κ3) is 2.41. The molecule has 112 valence electrons. The second kappa shape index (κ2) is 5.19. The highest BCUT2D eigenvalue weighted by Gasteiger charge is 2.37. The molecule has 2 aliphatic rings. The first-order valence-corrected chi connectivity index (χ1v) is 8.38. The molecule has 6 heteroatoms. The molecule has 0 aliphatic carbocycles. The van der Waals surface area contributed by atoms with Gasteiger partial charge in [0.25, 0.3) is 0 Å². The zero-order valence-electron chi connectivity index (χ0n) is 12.3. The molecule has 0 bridgehead atoms. The Morgan fingerprint density at radius 2 is 2.19 bits per heavy atom. The molecule has 0 unspecified atom stereocenters. The van der Waals surface area contributed by atoms with Gasteiger partial charge in [0.1, 0.15) is 17.0 Å². The van der Waals surface area contributed by atoms with Gasteiger partial charge in [0.15, 0.2) is 0 Å². The van der Waals surface area contributed by atoms with Crippen molar-refractivity contribution in [3.8, 4) is 0 Å². The summed E-state index contributed by atoms with van der Waals surface area (Å²) in [7, 11) is 0. The summed E-state index contributed by atoms with van der Waals surface area (Å²) in [6.07, 6.45) is 3.82. The maximum atomic E-state index is 6.06. The minimum absolute atomic E-state index is 0.0471. The van der Waals surface area contributed by atoms with Crippen LogP contribution >= 0.6 is 11.3 Å². The Morgan fingerprint density at radius 3 is 2.95 bits per heavy atom. The van der Waals surface area contributed by atoms with E-state index < -0.39 is 0 Å². The Bertz CT molecular complexity index is 640. The molecule has 2 aliphatic heterocycles. The van der Waals surface area contributed by atoms with Gasteiger partial charge in [0, 0.05) is 31.1 Å². The van der Waals surface area contributed by atoms with Crippen molar-refractivity contribution in [1.82, 2.24) is 15.3 Å². The van der Waals surface area contributed by atoms with Crippen molar-refractivity contribution >= 4 is 27.4 Å². The van der Waals surface area contributed by atoms with Crippen molar-refractivity contribution < 1.29 is 4.74 Å². The standard InChI is InChI=1S/C15H20N4OS/c1-11-8-12-13(17-10-18-14(12)21-11)19-5-2-15(3-6-19)9-16-4-7-20-15/h8,10,16H,2-7,9H2,1H3. The molecule has 2 fully saturated rings. The Hall–Kier alpha value is -1.24. The number of hydrogen-bond acceptors (Lipinski definition) is 6. The number of fused-ring (bicyclic) bond motifs is 1. The molecule has 2 saturated heterocycles. The minimum atomic E-state index is 0.0471. The lowest BCUT2D eigenvalue weighted by Crippen LogP contribution is -2.55. The Kier molecular flexibility index (Phi) is 3.32. The van der Waals surface area contributed by atoms with Crippen molar-refractivity contribution in [1.29, 1.82) is 0 Å².